The lowest BCUT2D eigenvalue weighted by molar-refractivity contribution is 0.233. The van der Waals surface area contributed by atoms with Crippen LogP contribution in [-0.4, -0.2) is 13.7 Å². The minimum atomic E-state index is 0.762. The topological polar surface area (TPSA) is 9.23 Å². The molecule has 0 aromatic carbocycles. The molecule has 0 saturated carbocycles. The molecule has 0 aliphatic heterocycles. The lowest BCUT2D eigenvalue weighted by Crippen LogP contribution is -1.83. The van der Waals surface area contributed by atoms with Gasteiger partial charge in [-0.05, 0) is 12.8 Å². The Hall–Kier alpha value is -0.300. The second kappa shape index (κ2) is 17.7. The third-order valence-electron chi connectivity index (χ3n) is 3.65. The van der Waals surface area contributed by atoms with E-state index in [2.05, 4.69) is 19.1 Å². The zero-order valence-corrected chi connectivity index (χ0v) is 13.5. The van der Waals surface area contributed by atoms with Gasteiger partial charge in [-0.2, -0.15) is 0 Å². The predicted octanol–water partition coefficient (Wildman–Crippen LogP) is 6.28. The van der Waals surface area contributed by atoms with Crippen LogP contribution in [0.1, 0.15) is 90.4 Å². The van der Waals surface area contributed by atoms with Gasteiger partial charge in [-0.15, -0.1) is 0 Å². The van der Waals surface area contributed by atoms with E-state index in [-0.39, 0.29) is 0 Å². The Bertz CT molecular complexity index is 175. The maximum Gasteiger partial charge on any atom is 0.0643 e. The first-order chi connectivity index (χ1) is 9.41. The zero-order chi connectivity index (χ0) is 14.0. The summed E-state index contributed by atoms with van der Waals surface area (Å²) in [6, 6.07) is 0. The van der Waals surface area contributed by atoms with E-state index in [0.717, 1.165) is 6.61 Å². The van der Waals surface area contributed by atoms with Crippen LogP contribution in [0.4, 0.5) is 0 Å². The number of methoxy groups -OCH3 is 1. The molecule has 0 rings (SSSR count). The number of allylic oxidation sites excluding steroid dienone is 1. The fraction of sp³-hybridized carbons (Fsp3) is 0.889. The van der Waals surface area contributed by atoms with E-state index in [0.29, 0.717) is 0 Å². The Morgan fingerprint density at radius 2 is 1.11 bits per heavy atom. The second-order valence-electron chi connectivity index (χ2n) is 5.60. The highest BCUT2D eigenvalue weighted by atomic mass is 16.5. The normalized spacial score (nSPS) is 11.5. The van der Waals surface area contributed by atoms with E-state index in [1.807, 2.05) is 0 Å². The summed E-state index contributed by atoms with van der Waals surface area (Å²) in [4.78, 5) is 0. The van der Waals surface area contributed by atoms with Gasteiger partial charge in [-0.3, -0.25) is 0 Å². The minimum Gasteiger partial charge on any atom is -0.381 e. The molecule has 0 bridgehead atoms. The van der Waals surface area contributed by atoms with Gasteiger partial charge in [-0.25, -0.2) is 0 Å². The molecule has 1 heteroatoms. The number of rotatable bonds is 15. The van der Waals surface area contributed by atoms with Gasteiger partial charge in [0.05, 0.1) is 6.61 Å². The van der Waals surface area contributed by atoms with Gasteiger partial charge in [0.25, 0.3) is 0 Å². The van der Waals surface area contributed by atoms with Crippen molar-refractivity contribution < 1.29 is 4.74 Å². The van der Waals surface area contributed by atoms with Crippen molar-refractivity contribution in [3.8, 4) is 0 Å². The average molecular weight is 268 g/mol. The SMILES string of the molecule is CCCCCCCCCCCCCCC=CCOC. The van der Waals surface area contributed by atoms with Crippen LogP contribution in [0.25, 0.3) is 0 Å². The smallest absolute Gasteiger partial charge is 0.0643 e. The monoisotopic (exact) mass is 268 g/mol. The summed E-state index contributed by atoms with van der Waals surface area (Å²) < 4.78 is 4.97. The lowest BCUT2D eigenvalue weighted by Gasteiger charge is -2.02. The molecule has 19 heavy (non-hydrogen) atoms. The maximum atomic E-state index is 4.97. The van der Waals surface area contributed by atoms with E-state index < -0.39 is 0 Å². The molecule has 0 N–H and O–H groups in total. The van der Waals surface area contributed by atoms with Crippen LogP contribution in [0.2, 0.25) is 0 Å². The number of hydrogen-bond acceptors (Lipinski definition) is 1. The van der Waals surface area contributed by atoms with Gasteiger partial charge in [0.15, 0.2) is 0 Å². The van der Waals surface area contributed by atoms with Crippen molar-refractivity contribution in [2.75, 3.05) is 13.7 Å². The fourth-order valence-corrected chi connectivity index (χ4v) is 2.39. The van der Waals surface area contributed by atoms with Crippen molar-refractivity contribution in [3.63, 3.8) is 0 Å². The molecular formula is C18H36O. The van der Waals surface area contributed by atoms with Crippen LogP contribution in [0.3, 0.4) is 0 Å². The van der Waals surface area contributed by atoms with Crippen LogP contribution in [0.15, 0.2) is 12.2 Å². The second-order valence-corrected chi connectivity index (χ2v) is 5.60. The molecule has 0 aromatic heterocycles. The molecule has 0 radical (unpaired) electrons. The third kappa shape index (κ3) is 17.7. The highest BCUT2D eigenvalue weighted by Gasteiger charge is 1.92. The molecule has 0 unspecified atom stereocenters. The molecule has 0 amide bonds. The molecular weight excluding hydrogens is 232 g/mol. The van der Waals surface area contributed by atoms with Crippen molar-refractivity contribution in [2.24, 2.45) is 0 Å². The quantitative estimate of drug-likeness (QED) is 0.251. The number of hydrogen-bond donors (Lipinski definition) is 0. The summed E-state index contributed by atoms with van der Waals surface area (Å²) in [5, 5.41) is 0. The minimum absolute atomic E-state index is 0.762. The Kier molecular flexibility index (Phi) is 17.4. The van der Waals surface area contributed by atoms with Crippen LogP contribution < -0.4 is 0 Å². The maximum absolute atomic E-state index is 4.97. The van der Waals surface area contributed by atoms with Crippen LogP contribution in [0.5, 0.6) is 0 Å². The first-order valence-electron chi connectivity index (χ1n) is 8.55. The Balaban J connectivity index is 2.95. The van der Waals surface area contributed by atoms with E-state index >= 15 is 0 Å². The van der Waals surface area contributed by atoms with E-state index in [1.54, 1.807) is 7.11 Å². The number of ether oxygens (including phenoxy) is 1. The average Bonchev–Trinajstić information content (AvgIpc) is 2.43. The Morgan fingerprint density at radius 3 is 1.58 bits per heavy atom. The largest absolute Gasteiger partial charge is 0.381 e. The summed E-state index contributed by atoms with van der Waals surface area (Å²) in [6.07, 6.45) is 22.7. The molecule has 0 heterocycles. The van der Waals surface area contributed by atoms with Crippen molar-refractivity contribution in [2.45, 2.75) is 90.4 Å². The van der Waals surface area contributed by atoms with Gasteiger partial charge in [0.2, 0.25) is 0 Å². The van der Waals surface area contributed by atoms with E-state index in [9.17, 15) is 0 Å². The summed E-state index contributed by atoms with van der Waals surface area (Å²) in [5.74, 6) is 0. The molecule has 1 nitrogen and oxygen atoms in total. The zero-order valence-electron chi connectivity index (χ0n) is 13.5. The molecule has 114 valence electrons. The Labute approximate surface area is 121 Å². The molecule has 0 atom stereocenters. The molecule has 0 saturated heterocycles. The van der Waals surface area contributed by atoms with Crippen LogP contribution in [0, 0.1) is 0 Å². The number of unbranched alkanes of at least 4 members (excludes halogenated alkanes) is 12. The first kappa shape index (κ1) is 18.7. The van der Waals surface area contributed by atoms with E-state index in [1.165, 1.54) is 83.5 Å². The van der Waals surface area contributed by atoms with Gasteiger partial charge < -0.3 is 4.74 Å². The van der Waals surface area contributed by atoms with Gasteiger partial charge >= 0.3 is 0 Å². The molecule has 0 aromatic rings. The van der Waals surface area contributed by atoms with Gasteiger partial charge in [0.1, 0.15) is 0 Å². The highest BCUT2D eigenvalue weighted by Crippen LogP contribution is 2.12. The predicted molar refractivity (Wildman–Crippen MR) is 86.7 cm³/mol. The lowest BCUT2D eigenvalue weighted by atomic mass is 10.0. The fourth-order valence-electron chi connectivity index (χ4n) is 2.39. The standard InChI is InChI=1S/C18H36O/c1-3-4-5-6-7-8-9-10-11-12-13-14-15-16-17-18-19-2/h16-17H,3-15,18H2,1-2H3. The van der Waals surface area contributed by atoms with Crippen LogP contribution >= 0.6 is 0 Å². The van der Waals surface area contributed by atoms with Crippen molar-refractivity contribution in [3.05, 3.63) is 12.2 Å². The van der Waals surface area contributed by atoms with E-state index in [4.69, 9.17) is 4.74 Å². The molecule has 0 spiro atoms. The third-order valence-corrected chi connectivity index (χ3v) is 3.65. The molecule has 0 aliphatic carbocycles. The van der Waals surface area contributed by atoms with Crippen molar-refractivity contribution >= 4 is 0 Å². The van der Waals surface area contributed by atoms with Gasteiger partial charge in [0, 0.05) is 7.11 Å². The van der Waals surface area contributed by atoms with Crippen molar-refractivity contribution in [1.29, 1.82) is 0 Å². The van der Waals surface area contributed by atoms with Crippen LogP contribution in [-0.2, 0) is 4.74 Å². The summed E-state index contributed by atoms with van der Waals surface area (Å²) >= 11 is 0. The summed E-state index contributed by atoms with van der Waals surface area (Å²) in [7, 11) is 1.74. The Morgan fingerprint density at radius 1 is 0.632 bits per heavy atom. The molecule has 0 aliphatic rings. The highest BCUT2D eigenvalue weighted by molar-refractivity contribution is 4.80. The summed E-state index contributed by atoms with van der Waals surface area (Å²) in [6.45, 7) is 3.05. The summed E-state index contributed by atoms with van der Waals surface area (Å²) in [5.41, 5.74) is 0. The van der Waals surface area contributed by atoms with Crippen molar-refractivity contribution in [1.82, 2.24) is 0 Å². The first-order valence-corrected chi connectivity index (χ1v) is 8.55. The van der Waals surface area contributed by atoms with Gasteiger partial charge in [-0.1, -0.05) is 89.7 Å². The molecule has 0 fully saturated rings.